The summed E-state index contributed by atoms with van der Waals surface area (Å²) in [7, 11) is 2.31. The van der Waals surface area contributed by atoms with Crippen LogP contribution in [-0.4, -0.2) is 39.8 Å². The molecule has 0 bridgehead atoms. The Morgan fingerprint density at radius 3 is 2.35 bits per heavy atom. The SMILES string of the molecule is C[C@@H](CC[NH+]1CC[NH+](C)CC1)c1ccccc1. The summed E-state index contributed by atoms with van der Waals surface area (Å²) in [6.07, 6.45) is 1.32. The van der Waals surface area contributed by atoms with Crippen LogP contribution in [0.3, 0.4) is 0 Å². The van der Waals surface area contributed by atoms with Gasteiger partial charge in [0.05, 0.1) is 13.6 Å². The lowest BCUT2D eigenvalue weighted by molar-refractivity contribution is -1.00. The molecule has 1 aliphatic heterocycles. The number of quaternary nitrogens is 2. The molecule has 2 nitrogen and oxygen atoms in total. The van der Waals surface area contributed by atoms with E-state index in [0.29, 0.717) is 5.92 Å². The van der Waals surface area contributed by atoms with Gasteiger partial charge in [-0.1, -0.05) is 37.3 Å². The molecule has 1 heterocycles. The molecule has 94 valence electrons. The van der Waals surface area contributed by atoms with Crippen LogP contribution in [-0.2, 0) is 0 Å². The van der Waals surface area contributed by atoms with Crippen molar-refractivity contribution in [2.75, 3.05) is 39.8 Å². The van der Waals surface area contributed by atoms with Crippen molar-refractivity contribution in [1.29, 1.82) is 0 Å². The molecule has 0 aliphatic carbocycles. The Bertz CT molecular complexity index is 315. The molecule has 1 saturated heterocycles. The van der Waals surface area contributed by atoms with Crippen molar-refractivity contribution in [3.05, 3.63) is 35.9 Å². The maximum absolute atomic E-state index is 2.36. The highest BCUT2D eigenvalue weighted by molar-refractivity contribution is 5.18. The average Bonchev–Trinajstić information content (AvgIpc) is 2.39. The highest BCUT2D eigenvalue weighted by atomic mass is 15.2. The third-order valence-corrected chi connectivity index (χ3v) is 4.11. The molecule has 17 heavy (non-hydrogen) atoms. The Morgan fingerprint density at radius 1 is 1.06 bits per heavy atom. The summed E-state index contributed by atoms with van der Waals surface area (Å²) in [5.41, 5.74) is 1.49. The minimum Gasteiger partial charge on any atom is -0.328 e. The Balaban J connectivity index is 1.75. The van der Waals surface area contributed by atoms with E-state index in [-0.39, 0.29) is 0 Å². The summed E-state index contributed by atoms with van der Waals surface area (Å²) in [5.74, 6) is 0.704. The van der Waals surface area contributed by atoms with E-state index in [4.69, 9.17) is 0 Å². The van der Waals surface area contributed by atoms with Gasteiger partial charge in [0.1, 0.15) is 26.2 Å². The van der Waals surface area contributed by atoms with Gasteiger partial charge in [-0.3, -0.25) is 0 Å². The Kier molecular flexibility index (Phi) is 4.57. The van der Waals surface area contributed by atoms with Gasteiger partial charge >= 0.3 is 0 Å². The Labute approximate surface area is 105 Å². The van der Waals surface area contributed by atoms with Gasteiger partial charge in [0.2, 0.25) is 0 Å². The molecular weight excluding hydrogens is 208 g/mol. The zero-order valence-electron chi connectivity index (χ0n) is 11.2. The van der Waals surface area contributed by atoms with E-state index in [0.717, 1.165) is 0 Å². The van der Waals surface area contributed by atoms with Gasteiger partial charge < -0.3 is 9.80 Å². The molecule has 1 atom stereocenters. The van der Waals surface area contributed by atoms with Gasteiger partial charge in [-0.2, -0.15) is 0 Å². The van der Waals surface area contributed by atoms with Crippen LogP contribution in [0.25, 0.3) is 0 Å². The van der Waals surface area contributed by atoms with Crippen LogP contribution in [0.15, 0.2) is 30.3 Å². The maximum Gasteiger partial charge on any atom is 0.127 e. The van der Waals surface area contributed by atoms with Crippen LogP contribution in [0.5, 0.6) is 0 Å². The first-order valence-electron chi connectivity index (χ1n) is 6.95. The number of likely N-dealkylation sites (N-methyl/N-ethyl adjacent to an activating group) is 1. The monoisotopic (exact) mass is 234 g/mol. The fourth-order valence-electron chi connectivity index (χ4n) is 2.65. The normalized spacial score (nSPS) is 26.7. The smallest absolute Gasteiger partial charge is 0.127 e. The highest BCUT2D eigenvalue weighted by Crippen LogP contribution is 2.16. The molecule has 2 rings (SSSR count). The third kappa shape index (κ3) is 3.83. The molecule has 0 spiro atoms. The van der Waals surface area contributed by atoms with Crippen molar-refractivity contribution in [1.82, 2.24) is 0 Å². The first-order valence-corrected chi connectivity index (χ1v) is 6.95. The average molecular weight is 234 g/mol. The second-order valence-electron chi connectivity index (χ2n) is 5.56. The minimum absolute atomic E-state index is 0.704. The lowest BCUT2D eigenvalue weighted by Crippen LogP contribution is -3.27. The van der Waals surface area contributed by atoms with Crippen molar-refractivity contribution in [2.45, 2.75) is 19.3 Å². The third-order valence-electron chi connectivity index (χ3n) is 4.11. The summed E-state index contributed by atoms with van der Waals surface area (Å²) in [5, 5.41) is 0. The van der Waals surface area contributed by atoms with E-state index in [9.17, 15) is 0 Å². The van der Waals surface area contributed by atoms with Crippen molar-refractivity contribution < 1.29 is 9.80 Å². The number of rotatable bonds is 4. The van der Waals surface area contributed by atoms with Crippen LogP contribution in [0.1, 0.15) is 24.8 Å². The molecule has 1 aromatic rings. The largest absolute Gasteiger partial charge is 0.328 e. The molecule has 0 aromatic heterocycles. The highest BCUT2D eigenvalue weighted by Gasteiger charge is 2.20. The predicted molar refractivity (Wildman–Crippen MR) is 71.7 cm³/mol. The lowest BCUT2D eigenvalue weighted by Gasteiger charge is -2.28. The van der Waals surface area contributed by atoms with Gasteiger partial charge in [0, 0.05) is 6.42 Å². The van der Waals surface area contributed by atoms with E-state index >= 15 is 0 Å². The van der Waals surface area contributed by atoms with Gasteiger partial charge in [-0.15, -0.1) is 0 Å². The van der Waals surface area contributed by atoms with Crippen molar-refractivity contribution in [3.8, 4) is 0 Å². The quantitative estimate of drug-likeness (QED) is 0.701. The van der Waals surface area contributed by atoms with E-state index in [1.165, 1.54) is 44.7 Å². The van der Waals surface area contributed by atoms with E-state index < -0.39 is 0 Å². The molecule has 0 amide bonds. The van der Waals surface area contributed by atoms with E-state index in [1.807, 2.05) is 0 Å². The van der Waals surface area contributed by atoms with Gasteiger partial charge in [0.15, 0.2) is 0 Å². The van der Waals surface area contributed by atoms with E-state index in [1.54, 1.807) is 9.80 Å². The maximum atomic E-state index is 2.36. The molecule has 0 unspecified atom stereocenters. The summed E-state index contributed by atoms with van der Waals surface area (Å²) in [4.78, 5) is 3.50. The zero-order valence-corrected chi connectivity index (χ0v) is 11.2. The number of benzene rings is 1. The number of nitrogens with one attached hydrogen (secondary N) is 2. The molecule has 0 saturated carbocycles. The first kappa shape index (κ1) is 12.6. The van der Waals surface area contributed by atoms with Gasteiger partial charge in [0.25, 0.3) is 0 Å². The molecule has 2 N–H and O–H groups in total. The molecule has 2 heteroatoms. The molecule has 1 fully saturated rings. The number of piperazine rings is 1. The van der Waals surface area contributed by atoms with Gasteiger partial charge in [-0.25, -0.2) is 0 Å². The van der Waals surface area contributed by atoms with Gasteiger partial charge in [-0.05, 0) is 11.5 Å². The number of hydrogen-bond donors (Lipinski definition) is 2. The molecule has 0 radical (unpaired) electrons. The number of hydrogen-bond acceptors (Lipinski definition) is 0. The van der Waals surface area contributed by atoms with E-state index in [2.05, 4.69) is 44.3 Å². The topological polar surface area (TPSA) is 8.88 Å². The summed E-state index contributed by atoms with van der Waals surface area (Å²) < 4.78 is 0. The predicted octanol–water partition coefficient (Wildman–Crippen LogP) is -0.407. The standard InChI is InChI=1S/C15H24N2/c1-14(15-6-4-3-5-7-15)8-9-17-12-10-16(2)11-13-17/h3-7,14H,8-13H2,1-2H3/p+2/t14-/m0/s1. The second kappa shape index (κ2) is 6.18. The lowest BCUT2D eigenvalue weighted by atomic mass is 9.97. The fraction of sp³-hybridized carbons (Fsp3) is 0.600. The Morgan fingerprint density at radius 2 is 1.71 bits per heavy atom. The van der Waals surface area contributed by atoms with Crippen LogP contribution in [0.2, 0.25) is 0 Å². The summed E-state index contributed by atoms with van der Waals surface area (Å²) in [6.45, 7) is 9.09. The van der Waals surface area contributed by atoms with Crippen LogP contribution >= 0.6 is 0 Å². The first-order chi connectivity index (χ1) is 8.25. The van der Waals surface area contributed by atoms with Crippen molar-refractivity contribution >= 4 is 0 Å². The zero-order chi connectivity index (χ0) is 12.1. The fourth-order valence-corrected chi connectivity index (χ4v) is 2.65. The summed E-state index contributed by atoms with van der Waals surface area (Å²) >= 11 is 0. The van der Waals surface area contributed by atoms with Crippen molar-refractivity contribution in [2.24, 2.45) is 0 Å². The molecule has 1 aromatic carbocycles. The van der Waals surface area contributed by atoms with Crippen LogP contribution in [0, 0.1) is 0 Å². The summed E-state index contributed by atoms with van der Waals surface area (Å²) in [6, 6.07) is 10.9. The molecule has 1 aliphatic rings. The molecular formula is C15H26N2+2. The second-order valence-corrected chi connectivity index (χ2v) is 5.56. The van der Waals surface area contributed by atoms with Crippen LogP contribution in [0.4, 0.5) is 0 Å². The Hall–Kier alpha value is -0.860. The minimum atomic E-state index is 0.704. The van der Waals surface area contributed by atoms with Crippen molar-refractivity contribution in [3.63, 3.8) is 0 Å². The van der Waals surface area contributed by atoms with Crippen LogP contribution < -0.4 is 9.80 Å².